The van der Waals surface area contributed by atoms with Crippen LogP contribution in [0.2, 0.25) is 0 Å². The molecule has 0 bridgehead atoms. The molecule has 2 aromatic rings. The molecule has 0 aliphatic rings. The van der Waals surface area contributed by atoms with Crippen LogP contribution in [0.5, 0.6) is 0 Å². The zero-order valence-corrected chi connectivity index (χ0v) is 13.3. The molecular weight excluding hydrogens is 310 g/mol. The normalized spacial score (nSPS) is 10.0. The van der Waals surface area contributed by atoms with Gasteiger partial charge in [0.2, 0.25) is 11.8 Å². The number of amides is 3. The summed E-state index contributed by atoms with van der Waals surface area (Å²) < 4.78 is 4.95. The summed E-state index contributed by atoms with van der Waals surface area (Å²) in [5.74, 6) is -0.468. The van der Waals surface area contributed by atoms with E-state index in [1.165, 1.54) is 13.2 Å². The minimum absolute atomic E-state index is 0.150. The zero-order valence-electron chi connectivity index (χ0n) is 13.3. The number of anilines is 1. The van der Waals surface area contributed by atoms with E-state index in [1.54, 1.807) is 30.3 Å². The molecule has 24 heavy (non-hydrogen) atoms. The Hall–Kier alpha value is -3.09. The van der Waals surface area contributed by atoms with Gasteiger partial charge in [-0.05, 0) is 29.8 Å². The predicted octanol–water partition coefficient (Wildman–Crippen LogP) is 1.67. The SMILES string of the molecule is CC(=O)Nc1cccc(CNC(=O)CCNC(=O)c2ccco2)c1. The summed E-state index contributed by atoms with van der Waals surface area (Å²) >= 11 is 0. The average molecular weight is 329 g/mol. The van der Waals surface area contributed by atoms with Crippen molar-refractivity contribution in [2.45, 2.75) is 19.9 Å². The standard InChI is InChI=1S/C17H19N3O4/c1-12(21)20-14-5-2-4-13(10-14)11-19-16(22)7-8-18-17(23)15-6-3-9-24-15/h2-6,9-10H,7-8,11H2,1H3,(H,18,23)(H,19,22)(H,20,21). The Morgan fingerprint density at radius 1 is 1.08 bits per heavy atom. The van der Waals surface area contributed by atoms with Gasteiger partial charge in [-0.3, -0.25) is 14.4 Å². The van der Waals surface area contributed by atoms with Crippen LogP contribution in [0.4, 0.5) is 5.69 Å². The maximum absolute atomic E-state index is 11.8. The van der Waals surface area contributed by atoms with Crippen molar-refractivity contribution in [3.8, 4) is 0 Å². The summed E-state index contributed by atoms with van der Waals surface area (Å²) in [4.78, 5) is 34.4. The van der Waals surface area contributed by atoms with Crippen LogP contribution in [-0.2, 0) is 16.1 Å². The lowest BCUT2D eigenvalue weighted by atomic mass is 10.2. The van der Waals surface area contributed by atoms with Gasteiger partial charge < -0.3 is 20.4 Å². The van der Waals surface area contributed by atoms with Gasteiger partial charge >= 0.3 is 0 Å². The van der Waals surface area contributed by atoms with Crippen molar-refractivity contribution in [3.63, 3.8) is 0 Å². The van der Waals surface area contributed by atoms with Gasteiger partial charge in [0.25, 0.3) is 5.91 Å². The molecule has 1 aromatic carbocycles. The molecule has 1 aromatic heterocycles. The molecule has 0 aliphatic carbocycles. The van der Waals surface area contributed by atoms with Crippen molar-refractivity contribution >= 4 is 23.4 Å². The Kier molecular flexibility index (Phi) is 6.13. The molecule has 126 valence electrons. The largest absolute Gasteiger partial charge is 0.459 e. The zero-order chi connectivity index (χ0) is 17.4. The number of carbonyl (C=O) groups excluding carboxylic acids is 3. The number of hydrogen-bond acceptors (Lipinski definition) is 4. The van der Waals surface area contributed by atoms with Crippen LogP contribution in [-0.4, -0.2) is 24.3 Å². The van der Waals surface area contributed by atoms with Crippen LogP contribution >= 0.6 is 0 Å². The van der Waals surface area contributed by atoms with E-state index >= 15 is 0 Å². The van der Waals surface area contributed by atoms with E-state index < -0.39 is 0 Å². The van der Waals surface area contributed by atoms with E-state index in [-0.39, 0.29) is 36.4 Å². The lowest BCUT2D eigenvalue weighted by Crippen LogP contribution is -2.30. The van der Waals surface area contributed by atoms with Crippen LogP contribution in [0.1, 0.15) is 29.5 Å². The van der Waals surface area contributed by atoms with Crippen molar-refractivity contribution in [2.75, 3.05) is 11.9 Å². The molecule has 0 unspecified atom stereocenters. The average Bonchev–Trinajstić information content (AvgIpc) is 3.07. The topological polar surface area (TPSA) is 100 Å². The molecule has 3 amide bonds. The fourth-order valence-electron chi connectivity index (χ4n) is 2.04. The highest BCUT2D eigenvalue weighted by Gasteiger charge is 2.08. The summed E-state index contributed by atoms with van der Waals surface area (Å²) in [6.07, 6.45) is 1.58. The first-order valence-electron chi connectivity index (χ1n) is 7.49. The van der Waals surface area contributed by atoms with Gasteiger partial charge in [0.1, 0.15) is 0 Å². The van der Waals surface area contributed by atoms with Gasteiger partial charge in [-0.1, -0.05) is 12.1 Å². The van der Waals surface area contributed by atoms with Gasteiger partial charge in [0.15, 0.2) is 5.76 Å². The molecule has 0 spiro atoms. The number of carbonyl (C=O) groups is 3. The summed E-state index contributed by atoms with van der Waals surface area (Å²) in [5.41, 5.74) is 1.55. The van der Waals surface area contributed by atoms with Crippen molar-refractivity contribution in [1.82, 2.24) is 10.6 Å². The smallest absolute Gasteiger partial charge is 0.286 e. The highest BCUT2D eigenvalue weighted by Crippen LogP contribution is 2.10. The van der Waals surface area contributed by atoms with E-state index in [1.807, 2.05) is 6.07 Å². The maximum Gasteiger partial charge on any atom is 0.286 e. The maximum atomic E-state index is 11.8. The molecule has 0 saturated heterocycles. The van der Waals surface area contributed by atoms with E-state index in [4.69, 9.17) is 4.42 Å². The third kappa shape index (κ3) is 5.60. The van der Waals surface area contributed by atoms with Crippen molar-refractivity contribution in [1.29, 1.82) is 0 Å². The molecule has 0 atom stereocenters. The highest BCUT2D eigenvalue weighted by atomic mass is 16.3. The fraction of sp³-hybridized carbons (Fsp3) is 0.235. The number of hydrogen-bond donors (Lipinski definition) is 3. The summed E-state index contributed by atoms with van der Waals surface area (Å²) in [6.45, 7) is 2.00. The number of benzene rings is 1. The Bertz CT molecular complexity index is 710. The molecule has 0 fully saturated rings. The molecule has 7 heteroatoms. The van der Waals surface area contributed by atoms with Crippen molar-refractivity contribution < 1.29 is 18.8 Å². The summed E-state index contributed by atoms with van der Waals surface area (Å²) in [5, 5.41) is 8.05. The quantitative estimate of drug-likeness (QED) is 0.719. The van der Waals surface area contributed by atoms with Crippen LogP contribution in [0.3, 0.4) is 0 Å². The third-order valence-corrected chi connectivity index (χ3v) is 3.12. The molecule has 2 rings (SSSR count). The van der Waals surface area contributed by atoms with Crippen LogP contribution < -0.4 is 16.0 Å². The molecule has 3 N–H and O–H groups in total. The van der Waals surface area contributed by atoms with E-state index in [0.717, 1.165) is 5.56 Å². The van der Waals surface area contributed by atoms with Gasteiger partial charge in [-0.15, -0.1) is 0 Å². The number of nitrogens with one attached hydrogen (secondary N) is 3. The first-order valence-corrected chi connectivity index (χ1v) is 7.49. The summed E-state index contributed by atoms with van der Waals surface area (Å²) in [7, 11) is 0. The minimum Gasteiger partial charge on any atom is -0.459 e. The monoisotopic (exact) mass is 329 g/mol. The second-order valence-electron chi connectivity index (χ2n) is 5.14. The van der Waals surface area contributed by atoms with Gasteiger partial charge in [-0.2, -0.15) is 0 Å². The lowest BCUT2D eigenvalue weighted by molar-refractivity contribution is -0.121. The predicted molar refractivity (Wildman–Crippen MR) is 88.3 cm³/mol. The molecule has 7 nitrogen and oxygen atoms in total. The fourth-order valence-corrected chi connectivity index (χ4v) is 2.04. The Labute approximate surface area is 139 Å². The second kappa shape index (κ2) is 8.52. The number of rotatable bonds is 7. The van der Waals surface area contributed by atoms with Crippen LogP contribution in [0, 0.1) is 0 Å². The Balaban J connectivity index is 1.71. The molecular formula is C17H19N3O4. The van der Waals surface area contributed by atoms with Gasteiger partial charge in [0.05, 0.1) is 6.26 Å². The molecule has 1 heterocycles. The third-order valence-electron chi connectivity index (χ3n) is 3.12. The number of furan rings is 1. The highest BCUT2D eigenvalue weighted by molar-refractivity contribution is 5.91. The Morgan fingerprint density at radius 3 is 2.62 bits per heavy atom. The molecule has 0 aliphatic heterocycles. The van der Waals surface area contributed by atoms with E-state index in [9.17, 15) is 14.4 Å². The first kappa shape index (κ1) is 17.3. The second-order valence-corrected chi connectivity index (χ2v) is 5.14. The minimum atomic E-state index is -0.351. The van der Waals surface area contributed by atoms with Crippen molar-refractivity contribution in [2.24, 2.45) is 0 Å². The molecule has 0 saturated carbocycles. The first-order chi connectivity index (χ1) is 11.5. The Morgan fingerprint density at radius 2 is 1.92 bits per heavy atom. The van der Waals surface area contributed by atoms with Crippen molar-refractivity contribution in [3.05, 3.63) is 54.0 Å². The van der Waals surface area contributed by atoms with E-state index in [0.29, 0.717) is 12.2 Å². The lowest BCUT2D eigenvalue weighted by Gasteiger charge is -2.08. The van der Waals surface area contributed by atoms with Gasteiger partial charge in [0, 0.05) is 32.1 Å². The summed E-state index contributed by atoms with van der Waals surface area (Å²) in [6, 6.07) is 10.4. The van der Waals surface area contributed by atoms with Gasteiger partial charge in [-0.25, -0.2) is 0 Å². The van der Waals surface area contributed by atoms with Crippen LogP contribution in [0.15, 0.2) is 47.1 Å². The molecule has 0 radical (unpaired) electrons. The van der Waals surface area contributed by atoms with Crippen LogP contribution in [0.25, 0.3) is 0 Å². The van der Waals surface area contributed by atoms with E-state index in [2.05, 4.69) is 16.0 Å².